The van der Waals surface area contributed by atoms with Gasteiger partial charge < -0.3 is 0 Å². The van der Waals surface area contributed by atoms with Crippen LogP contribution >= 0.6 is 0 Å². The van der Waals surface area contributed by atoms with Gasteiger partial charge in [0.15, 0.2) is 0 Å². The number of sulfone groups is 1. The molecule has 2 unspecified atom stereocenters. The minimum absolute atomic E-state index is 0.0793. The molecule has 0 amide bonds. The van der Waals surface area contributed by atoms with E-state index in [0.29, 0.717) is 12.0 Å². The van der Waals surface area contributed by atoms with Gasteiger partial charge in [-0.05, 0) is 60.9 Å². The van der Waals surface area contributed by atoms with Gasteiger partial charge in [0.2, 0.25) is 19.9 Å². The first-order chi connectivity index (χ1) is 14.2. The Morgan fingerprint density at radius 3 is 2.17 bits per heavy atom. The predicted molar refractivity (Wildman–Crippen MR) is 111 cm³/mol. The molecule has 3 aromatic rings. The monoisotopic (exact) mass is 445 g/mol. The summed E-state index contributed by atoms with van der Waals surface area (Å²) in [6.07, 6.45) is 0.690. The standard InChI is InChI=1S/C22H20FNO4S2/c1-15-7-10-19(29(25,26)18-11-8-17(23)9-12-18)13-22(15)30(27,28)24-21-14-20(21)16-5-3-2-4-6-16/h2-13,20-21,24H,14H2,1H3. The summed E-state index contributed by atoms with van der Waals surface area (Å²) in [6, 6.07) is 17.8. The van der Waals surface area contributed by atoms with Crippen molar-refractivity contribution < 1.29 is 21.2 Å². The SMILES string of the molecule is Cc1ccc(S(=O)(=O)c2ccc(F)cc2)cc1S(=O)(=O)NC1CC1c1ccccc1. The Labute approximate surface area is 175 Å². The highest BCUT2D eigenvalue weighted by Gasteiger charge is 2.41. The number of rotatable bonds is 6. The van der Waals surface area contributed by atoms with Gasteiger partial charge in [0, 0.05) is 12.0 Å². The van der Waals surface area contributed by atoms with E-state index in [-0.39, 0.29) is 26.6 Å². The summed E-state index contributed by atoms with van der Waals surface area (Å²) in [5, 5.41) is 0. The van der Waals surface area contributed by atoms with Crippen molar-refractivity contribution in [1.82, 2.24) is 4.72 Å². The van der Waals surface area contributed by atoms with Crippen molar-refractivity contribution in [3.05, 3.63) is 89.7 Å². The lowest BCUT2D eigenvalue weighted by Gasteiger charge is -2.12. The molecule has 1 N–H and O–H groups in total. The van der Waals surface area contributed by atoms with Crippen molar-refractivity contribution >= 4 is 19.9 Å². The number of hydrogen-bond donors (Lipinski definition) is 1. The van der Waals surface area contributed by atoms with E-state index in [1.807, 2.05) is 30.3 Å². The molecule has 1 aliphatic carbocycles. The first-order valence-corrected chi connectivity index (χ1v) is 12.3. The lowest BCUT2D eigenvalue weighted by molar-refractivity contribution is 0.579. The molecule has 0 spiro atoms. The van der Waals surface area contributed by atoms with E-state index in [0.717, 1.165) is 35.9 Å². The van der Waals surface area contributed by atoms with Gasteiger partial charge in [0.25, 0.3) is 0 Å². The van der Waals surface area contributed by atoms with E-state index < -0.39 is 25.7 Å². The molecule has 5 nitrogen and oxygen atoms in total. The zero-order valence-corrected chi connectivity index (χ0v) is 17.8. The molecule has 0 aliphatic heterocycles. The highest BCUT2D eigenvalue weighted by molar-refractivity contribution is 7.91. The molecular formula is C22H20FNO4S2. The van der Waals surface area contributed by atoms with Crippen molar-refractivity contribution in [3.8, 4) is 0 Å². The molecular weight excluding hydrogens is 425 g/mol. The van der Waals surface area contributed by atoms with E-state index in [2.05, 4.69) is 4.72 Å². The van der Waals surface area contributed by atoms with Crippen LogP contribution < -0.4 is 4.72 Å². The third kappa shape index (κ3) is 4.03. The van der Waals surface area contributed by atoms with Crippen LogP contribution in [0.25, 0.3) is 0 Å². The summed E-state index contributed by atoms with van der Waals surface area (Å²) >= 11 is 0. The molecule has 30 heavy (non-hydrogen) atoms. The van der Waals surface area contributed by atoms with Crippen molar-refractivity contribution in [3.63, 3.8) is 0 Å². The van der Waals surface area contributed by atoms with Gasteiger partial charge in [-0.2, -0.15) is 0 Å². The molecule has 0 aromatic heterocycles. The van der Waals surface area contributed by atoms with E-state index in [4.69, 9.17) is 0 Å². The van der Waals surface area contributed by atoms with Crippen LogP contribution in [0.2, 0.25) is 0 Å². The number of aryl methyl sites for hydroxylation is 1. The lowest BCUT2D eigenvalue weighted by atomic mass is 10.1. The van der Waals surface area contributed by atoms with Crippen LogP contribution in [0.1, 0.15) is 23.5 Å². The second-order valence-corrected chi connectivity index (χ2v) is 11.0. The highest BCUT2D eigenvalue weighted by Crippen LogP contribution is 2.41. The largest absolute Gasteiger partial charge is 0.241 e. The number of sulfonamides is 1. The van der Waals surface area contributed by atoms with Gasteiger partial charge in [-0.1, -0.05) is 36.4 Å². The minimum Gasteiger partial charge on any atom is -0.219 e. The van der Waals surface area contributed by atoms with E-state index in [9.17, 15) is 21.2 Å². The normalized spacial score (nSPS) is 18.9. The molecule has 4 rings (SSSR count). The smallest absolute Gasteiger partial charge is 0.219 e. The third-order valence-electron chi connectivity index (χ3n) is 5.21. The quantitative estimate of drug-likeness (QED) is 0.585. The maximum Gasteiger partial charge on any atom is 0.241 e. The summed E-state index contributed by atoms with van der Waals surface area (Å²) < 4.78 is 67.5. The van der Waals surface area contributed by atoms with Crippen molar-refractivity contribution in [1.29, 1.82) is 0 Å². The maximum absolute atomic E-state index is 13.1. The van der Waals surface area contributed by atoms with Gasteiger partial charge in [0.1, 0.15) is 5.82 Å². The van der Waals surface area contributed by atoms with Crippen molar-refractivity contribution in [2.45, 2.75) is 40.0 Å². The Bertz CT molecular complexity index is 1290. The average Bonchev–Trinajstić information content (AvgIpc) is 3.47. The second-order valence-electron chi connectivity index (χ2n) is 7.37. The highest BCUT2D eigenvalue weighted by atomic mass is 32.2. The van der Waals surface area contributed by atoms with Gasteiger partial charge in [0.05, 0.1) is 14.7 Å². The Hall–Kier alpha value is -2.55. The van der Waals surface area contributed by atoms with E-state index in [1.54, 1.807) is 6.92 Å². The number of benzene rings is 3. The number of nitrogens with one attached hydrogen (secondary N) is 1. The Morgan fingerprint density at radius 2 is 1.50 bits per heavy atom. The topological polar surface area (TPSA) is 80.3 Å². The predicted octanol–water partition coefficient (Wildman–Crippen LogP) is 3.80. The molecule has 3 aromatic carbocycles. The maximum atomic E-state index is 13.1. The summed E-state index contributed by atoms with van der Waals surface area (Å²) in [4.78, 5) is -0.338. The first kappa shape index (κ1) is 20.7. The molecule has 1 saturated carbocycles. The zero-order valence-electron chi connectivity index (χ0n) is 16.1. The molecule has 0 heterocycles. The number of hydrogen-bond acceptors (Lipinski definition) is 4. The second kappa shape index (κ2) is 7.61. The van der Waals surface area contributed by atoms with Gasteiger partial charge in [-0.3, -0.25) is 0 Å². The van der Waals surface area contributed by atoms with E-state index in [1.165, 1.54) is 12.1 Å². The number of halogens is 1. The average molecular weight is 446 g/mol. The molecule has 2 atom stereocenters. The van der Waals surface area contributed by atoms with Crippen LogP contribution in [0.4, 0.5) is 4.39 Å². The fourth-order valence-electron chi connectivity index (χ4n) is 3.44. The molecule has 0 bridgehead atoms. The Morgan fingerprint density at radius 1 is 0.867 bits per heavy atom. The Kier molecular flexibility index (Phi) is 5.25. The molecule has 0 radical (unpaired) electrons. The van der Waals surface area contributed by atoms with Crippen LogP contribution in [-0.2, 0) is 19.9 Å². The van der Waals surface area contributed by atoms with Crippen LogP contribution in [0.15, 0.2) is 87.5 Å². The van der Waals surface area contributed by atoms with Crippen LogP contribution in [0.5, 0.6) is 0 Å². The summed E-state index contributed by atoms with van der Waals surface area (Å²) in [7, 11) is -7.90. The van der Waals surface area contributed by atoms with Crippen molar-refractivity contribution in [2.75, 3.05) is 0 Å². The van der Waals surface area contributed by atoms with Crippen LogP contribution in [0, 0.1) is 12.7 Å². The fraction of sp³-hybridized carbons (Fsp3) is 0.182. The van der Waals surface area contributed by atoms with Gasteiger partial charge in [-0.25, -0.2) is 25.9 Å². The lowest BCUT2D eigenvalue weighted by Crippen LogP contribution is -2.27. The van der Waals surface area contributed by atoms with Crippen molar-refractivity contribution in [2.24, 2.45) is 0 Å². The third-order valence-corrected chi connectivity index (χ3v) is 8.61. The minimum atomic E-state index is -3.98. The van der Waals surface area contributed by atoms with E-state index >= 15 is 0 Å². The zero-order chi connectivity index (χ0) is 21.5. The molecule has 8 heteroatoms. The summed E-state index contributed by atoms with van der Waals surface area (Å²) in [5.74, 6) is -0.449. The first-order valence-electron chi connectivity index (χ1n) is 9.37. The summed E-state index contributed by atoms with van der Waals surface area (Å²) in [6.45, 7) is 1.62. The molecule has 0 saturated heterocycles. The fourth-order valence-corrected chi connectivity index (χ4v) is 6.36. The van der Waals surface area contributed by atoms with Gasteiger partial charge in [-0.15, -0.1) is 0 Å². The molecule has 156 valence electrons. The molecule has 1 fully saturated rings. The Balaban J connectivity index is 1.62. The van der Waals surface area contributed by atoms with Crippen LogP contribution in [0.3, 0.4) is 0 Å². The van der Waals surface area contributed by atoms with Crippen LogP contribution in [-0.4, -0.2) is 22.9 Å². The molecule has 1 aliphatic rings. The summed E-state index contributed by atoms with van der Waals surface area (Å²) in [5.41, 5.74) is 1.51. The van der Waals surface area contributed by atoms with Gasteiger partial charge >= 0.3 is 0 Å².